The van der Waals surface area contributed by atoms with Gasteiger partial charge in [0.2, 0.25) is 5.89 Å². The Morgan fingerprint density at radius 2 is 2.29 bits per heavy atom. The molecule has 2 rings (SSSR count). The Labute approximate surface area is 107 Å². The summed E-state index contributed by atoms with van der Waals surface area (Å²) in [5, 5.41) is 7.52. The van der Waals surface area contributed by atoms with E-state index in [1.54, 1.807) is 0 Å². The first-order chi connectivity index (χ1) is 8.03. The third-order valence-corrected chi connectivity index (χ3v) is 3.75. The minimum Gasteiger partial charge on any atom is -0.339 e. The molecule has 0 amide bonds. The van der Waals surface area contributed by atoms with Gasteiger partial charge in [0.05, 0.1) is 0 Å². The number of hydrogen-bond donors (Lipinski definition) is 1. The molecule has 0 saturated carbocycles. The van der Waals surface area contributed by atoms with Gasteiger partial charge >= 0.3 is 0 Å². The zero-order chi connectivity index (χ0) is 12.3. The van der Waals surface area contributed by atoms with Crippen molar-refractivity contribution in [2.24, 2.45) is 5.41 Å². The van der Waals surface area contributed by atoms with E-state index in [-0.39, 0.29) is 5.41 Å². The molecular formula is C12H21N3OS. The fourth-order valence-corrected chi connectivity index (χ4v) is 2.83. The van der Waals surface area contributed by atoms with Gasteiger partial charge in [-0.2, -0.15) is 16.7 Å². The van der Waals surface area contributed by atoms with E-state index in [2.05, 4.69) is 36.2 Å². The van der Waals surface area contributed by atoms with Crippen LogP contribution in [0, 0.1) is 5.41 Å². The van der Waals surface area contributed by atoms with Crippen LogP contribution in [0.25, 0.3) is 0 Å². The Balaban J connectivity index is 1.89. The molecule has 4 nitrogen and oxygen atoms in total. The van der Waals surface area contributed by atoms with Crippen molar-refractivity contribution >= 4 is 11.8 Å². The highest BCUT2D eigenvalue weighted by molar-refractivity contribution is 7.99. The van der Waals surface area contributed by atoms with Gasteiger partial charge in [-0.15, -0.1) is 0 Å². The predicted octanol–water partition coefficient (Wildman–Crippen LogP) is 1.91. The van der Waals surface area contributed by atoms with Crippen molar-refractivity contribution in [2.45, 2.75) is 39.7 Å². The van der Waals surface area contributed by atoms with Gasteiger partial charge in [-0.3, -0.25) is 0 Å². The van der Waals surface area contributed by atoms with Gasteiger partial charge in [0.1, 0.15) is 0 Å². The van der Waals surface area contributed by atoms with E-state index in [1.807, 2.05) is 11.8 Å². The molecule has 1 aliphatic heterocycles. The Morgan fingerprint density at radius 1 is 1.47 bits per heavy atom. The largest absolute Gasteiger partial charge is 0.339 e. The summed E-state index contributed by atoms with van der Waals surface area (Å²) in [6, 6.07) is 0.483. The van der Waals surface area contributed by atoms with E-state index in [1.165, 1.54) is 5.75 Å². The van der Waals surface area contributed by atoms with Crippen molar-refractivity contribution in [2.75, 3.05) is 18.1 Å². The van der Waals surface area contributed by atoms with Crippen LogP contribution in [0.5, 0.6) is 0 Å². The molecule has 0 aliphatic carbocycles. The van der Waals surface area contributed by atoms with Crippen LogP contribution in [0.2, 0.25) is 0 Å². The van der Waals surface area contributed by atoms with Crippen molar-refractivity contribution in [1.29, 1.82) is 0 Å². The molecule has 17 heavy (non-hydrogen) atoms. The normalized spacial score (nSPS) is 21.7. The molecule has 5 heteroatoms. The Hall–Kier alpha value is -0.550. The average Bonchev–Trinajstić information content (AvgIpc) is 2.64. The Kier molecular flexibility index (Phi) is 4.09. The second-order valence-corrected chi connectivity index (χ2v) is 6.92. The molecule has 1 aliphatic rings. The molecule has 1 unspecified atom stereocenters. The second-order valence-electron chi connectivity index (χ2n) is 5.77. The number of thioether (sulfide) groups is 1. The lowest BCUT2D eigenvalue weighted by Gasteiger charge is -2.21. The summed E-state index contributed by atoms with van der Waals surface area (Å²) in [5.74, 6) is 3.94. The summed E-state index contributed by atoms with van der Waals surface area (Å²) in [4.78, 5) is 4.46. The number of rotatable bonds is 3. The summed E-state index contributed by atoms with van der Waals surface area (Å²) in [7, 11) is 0. The van der Waals surface area contributed by atoms with Gasteiger partial charge in [0.25, 0.3) is 0 Å². The maximum atomic E-state index is 5.30. The number of nitrogens with zero attached hydrogens (tertiary/aromatic N) is 2. The number of nitrogens with one attached hydrogen (secondary N) is 1. The number of aromatic nitrogens is 2. The van der Waals surface area contributed by atoms with E-state index in [4.69, 9.17) is 4.52 Å². The molecule has 0 spiro atoms. The molecule has 0 radical (unpaired) electrons. The first-order valence-corrected chi connectivity index (χ1v) is 7.31. The summed E-state index contributed by atoms with van der Waals surface area (Å²) >= 11 is 1.99. The molecule has 0 bridgehead atoms. The van der Waals surface area contributed by atoms with Crippen LogP contribution in [0.3, 0.4) is 0 Å². The van der Waals surface area contributed by atoms with E-state index in [0.29, 0.717) is 6.04 Å². The minimum atomic E-state index is 0.208. The first kappa shape index (κ1) is 12.9. The van der Waals surface area contributed by atoms with Gasteiger partial charge in [-0.05, 0) is 5.41 Å². The van der Waals surface area contributed by atoms with Crippen molar-refractivity contribution < 1.29 is 4.52 Å². The van der Waals surface area contributed by atoms with E-state index in [9.17, 15) is 0 Å². The maximum Gasteiger partial charge on any atom is 0.228 e. The van der Waals surface area contributed by atoms with Crippen LogP contribution in [-0.2, 0) is 12.8 Å². The highest BCUT2D eigenvalue weighted by atomic mass is 32.2. The molecule has 1 fully saturated rings. The zero-order valence-corrected chi connectivity index (χ0v) is 11.6. The van der Waals surface area contributed by atoms with Crippen LogP contribution in [0.1, 0.15) is 32.5 Å². The van der Waals surface area contributed by atoms with Crippen LogP contribution in [-0.4, -0.2) is 34.2 Å². The van der Waals surface area contributed by atoms with E-state index >= 15 is 0 Å². The van der Waals surface area contributed by atoms with Crippen LogP contribution < -0.4 is 5.32 Å². The smallest absolute Gasteiger partial charge is 0.228 e. The molecule has 96 valence electrons. The fourth-order valence-electron chi connectivity index (χ4n) is 1.88. The van der Waals surface area contributed by atoms with Crippen LogP contribution in [0.4, 0.5) is 0 Å². The van der Waals surface area contributed by atoms with Gasteiger partial charge in [-0.25, -0.2) is 0 Å². The highest BCUT2D eigenvalue weighted by Crippen LogP contribution is 2.19. The van der Waals surface area contributed by atoms with Crippen LogP contribution in [0.15, 0.2) is 4.52 Å². The zero-order valence-electron chi connectivity index (χ0n) is 10.8. The fraction of sp³-hybridized carbons (Fsp3) is 0.833. The molecule has 1 aromatic heterocycles. The highest BCUT2D eigenvalue weighted by Gasteiger charge is 2.19. The van der Waals surface area contributed by atoms with E-state index < -0.39 is 0 Å². The summed E-state index contributed by atoms with van der Waals surface area (Å²) in [6.45, 7) is 7.63. The second kappa shape index (κ2) is 5.40. The summed E-state index contributed by atoms with van der Waals surface area (Å²) in [5.41, 5.74) is 0.208. The Morgan fingerprint density at radius 3 is 2.94 bits per heavy atom. The SMILES string of the molecule is CC(C)(C)Cc1noc(CC2CSCCN2)n1. The van der Waals surface area contributed by atoms with Gasteiger partial charge in [0.15, 0.2) is 5.82 Å². The standard InChI is InChI=1S/C12H21N3OS/c1-12(2,3)7-10-14-11(16-15-10)6-9-8-17-5-4-13-9/h9,13H,4-8H2,1-3H3. The van der Waals surface area contributed by atoms with Crippen molar-refractivity contribution in [3.63, 3.8) is 0 Å². The lowest BCUT2D eigenvalue weighted by Crippen LogP contribution is -2.38. The van der Waals surface area contributed by atoms with Crippen molar-refractivity contribution in [1.82, 2.24) is 15.5 Å². The summed E-state index contributed by atoms with van der Waals surface area (Å²) in [6.07, 6.45) is 1.72. The van der Waals surface area contributed by atoms with Gasteiger partial charge in [-0.1, -0.05) is 25.9 Å². The van der Waals surface area contributed by atoms with Crippen molar-refractivity contribution in [3.8, 4) is 0 Å². The summed E-state index contributed by atoms with van der Waals surface area (Å²) < 4.78 is 5.30. The molecule has 2 heterocycles. The lowest BCUT2D eigenvalue weighted by atomic mass is 9.92. The lowest BCUT2D eigenvalue weighted by molar-refractivity contribution is 0.346. The number of hydrogen-bond acceptors (Lipinski definition) is 5. The first-order valence-electron chi connectivity index (χ1n) is 6.15. The molecule has 1 N–H and O–H groups in total. The van der Waals surface area contributed by atoms with Crippen LogP contribution >= 0.6 is 11.8 Å². The monoisotopic (exact) mass is 255 g/mol. The minimum absolute atomic E-state index is 0.208. The third kappa shape index (κ3) is 4.32. The van der Waals surface area contributed by atoms with Gasteiger partial charge < -0.3 is 9.84 Å². The molecule has 1 atom stereocenters. The average molecular weight is 255 g/mol. The molecule has 1 saturated heterocycles. The predicted molar refractivity (Wildman–Crippen MR) is 70.3 cm³/mol. The van der Waals surface area contributed by atoms with Crippen molar-refractivity contribution in [3.05, 3.63) is 11.7 Å². The quantitative estimate of drug-likeness (QED) is 0.894. The Bertz CT molecular complexity index is 353. The topological polar surface area (TPSA) is 51.0 Å². The van der Waals surface area contributed by atoms with E-state index in [0.717, 1.165) is 36.9 Å². The molecule has 0 aromatic carbocycles. The maximum absolute atomic E-state index is 5.30. The third-order valence-electron chi connectivity index (χ3n) is 2.62. The molecular weight excluding hydrogens is 234 g/mol. The molecule has 1 aromatic rings. The van der Waals surface area contributed by atoms with Gasteiger partial charge in [0, 0.05) is 36.9 Å².